The summed E-state index contributed by atoms with van der Waals surface area (Å²) in [6.07, 6.45) is 0. The van der Waals surface area contributed by atoms with Crippen LogP contribution in [0, 0.1) is 3.57 Å². The lowest BCUT2D eigenvalue weighted by molar-refractivity contribution is 0.102. The number of carbonyl (C=O) groups excluding carboxylic acids is 1. The third-order valence-corrected chi connectivity index (χ3v) is 6.72. The first-order valence-corrected chi connectivity index (χ1v) is 11.2. The molecule has 3 rings (SSSR count). The van der Waals surface area contributed by atoms with E-state index in [4.69, 9.17) is 23.2 Å². The number of amides is 1. The number of anilines is 2. The molecule has 0 aromatic heterocycles. The lowest BCUT2D eigenvalue weighted by Crippen LogP contribution is -2.16. The van der Waals surface area contributed by atoms with Gasteiger partial charge in [-0.2, -0.15) is 0 Å². The summed E-state index contributed by atoms with van der Waals surface area (Å²) in [5.41, 5.74) is 1.20. The van der Waals surface area contributed by atoms with Gasteiger partial charge in [0.05, 0.1) is 10.7 Å². The molecule has 0 radical (unpaired) electrons. The molecule has 0 unspecified atom stereocenters. The molecular weight excluding hydrogens is 534 g/mol. The second-order valence-corrected chi connectivity index (χ2v) is 9.35. The third-order valence-electron chi connectivity index (χ3n) is 3.68. The third kappa shape index (κ3) is 4.96. The Morgan fingerprint density at radius 2 is 1.68 bits per heavy atom. The molecule has 3 aromatic rings. The molecule has 0 aliphatic heterocycles. The van der Waals surface area contributed by atoms with Crippen LogP contribution in [0.15, 0.2) is 71.6 Å². The summed E-state index contributed by atoms with van der Waals surface area (Å²) in [5.74, 6) is -0.356. The van der Waals surface area contributed by atoms with Gasteiger partial charge in [0.1, 0.15) is 4.90 Å². The van der Waals surface area contributed by atoms with Gasteiger partial charge in [-0.25, -0.2) is 8.42 Å². The van der Waals surface area contributed by atoms with Crippen molar-refractivity contribution in [3.8, 4) is 0 Å². The van der Waals surface area contributed by atoms with E-state index < -0.39 is 10.0 Å². The minimum atomic E-state index is -3.97. The maximum atomic E-state index is 12.6. The monoisotopic (exact) mass is 546 g/mol. The fraction of sp³-hybridized carbons (Fsp3) is 0. The van der Waals surface area contributed by atoms with Crippen LogP contribution in [0.1, 0.15) is 10.4 Å². The molecule has 28 heavy (non-hydrogen) atoms. The van der Waals surface area contributed by atoms with Crippen molar-refractivity contribution in [2.45, 2.75) is 4.90 Å². The van der Waals surface area contributed by atoms with Crippen molar-refractivity contribution in [2.75, 3.05) is 10.0 Å². The molecule has 0 saturated carbocycles. The van der Waals surface area contributed by atoms with E-state index in [0.29, 0.717) is 11.3 Å². The second kappa shape index (κ2) is 8.69. The highest BCUT2D eigenvalue weighted by atomic mass is 127. The minimum Gasteiger partial charge on any atom is -0.321 e. The fourth-order valence-electron chi connectivity index (χ4n) is 2.37. The molecule has 0 bridgehead atoms. The zero-order valence-corrected chi connectivity index (χ0v) is 18.6. The quantitative estimate of drug-likeness (QED) is 0.406. The number of nitrogens with one attached hydrogen (secondary N) is 2. The lowest BCUT2D eigenvalue weighted by atomic mass is 10.2. The highest BCUT2D eigenvalue weighted by molar-refractivity contribution is 14.1. The van der Waals surface area contributed by atoms with Gasteiger partial charge in [0.15, 0.2) is 0 Å². The van der Waals surface area contributed by atoms with Crippen LogP contribution in [0.3, 0.4) is 0 Å². The number of benzene rings is 3. The number of hydrogen-bond donors (Lipinski definition) is 2. The highest BCUT2D eigenvalue weighted by Gasteiger charge is 2.19. The summed E-state index contributed by atoms with van der Waals surface area (Å²) in [7, 11) is -3.97. The molecule has 3 aromatic carbocycles. The fourth-order valence-corrected chi connectivity index (χ4v) is 4.71. The molecule has 0 atom stereocenters. The average molecular weight is 547 g/mol. The number of rotatable bonds is 5. The van der Waals surface area contributed by atoms with E-state index in [9.17, 15) is 13.2 Å². The second-order valence-electron chi connectivity index (χ2n) is 5.70. The van der Waals surface area contributed by atoms with Gasteiger partial charge in [0.25, 0.3) is 15.9 Å². The van der Waals surface area contributed by atoms with Crippen molar-refractivity contribution >= 4 is 73.1 Å². The molecule has 0 aliphatic carbocycles. The van der Waals surface area contributed by atoms with Gasteiger partial charge in [0.2, 0.25) is 0 Å². The highest BCUT2D eigenvalue weighted by Crippen LogP contribution is 2.27. The number of sulfonamides is 1. The Bertz CT molecular complexity index is 1150. The standard InChI is InChI=1S/C19H13Cl2IN2O3S/c20-13-8-9-15(21)18(11-13)28(26,27)24-14-5-3-4-12(10-14)19(25)23-17-7-2-1-6-16(17)22/h1-11,24H,(H,23,25). The first kappa shape index (κ1) is 20.9. The molecule has 0 fully saturated rings. The van der Waals surface area contributed by atoms with Crippen molar-refractivity contribution in [3.63, 3.8) is 0 Å². The van der Waals surface area contributed by atoms with Crippen molar-refractivity contribution < 1.29 is 13.2 Å². The number of para-hydroxylation sites is 1. The summed E-state index contributed by atoms with van der Waals surface area (Å²) >= 11 is 14.0. The topological polar surface area (TPSA) is 75.3 Å². The van der Waals surface area contributed by atoms with Crippen LogP contribution in [0.25, 0.3) is 0 Å². The van der Waals surface area contributed by atoms with Gasteiger partial charge < -0.3 is 5.32 Å². The summed E-state index contributed by atoms with van der Waals surface area (Å²) in [6.45, 7) is 0. The predicted molar refractivity (Wildman–Crippen MR) is 121 cm³/mol. The molecule has 9 heteroatoms. The van der Waals surface area contributed by atoms with Crippen molar-refractivity contribution in [1.29, 1.82) is 0 Å². The Labute approximate surface area is 186 Å². The number of hydrogen-bond acceptors (Lipinski definition) is 3. The molecule has 0 saturated heterocycles. The summed E-state index contributed by atoms with van der Waals surface area (Å²) in [5, 5.41) is 3.09. The lowest BCUT2D eigenvalue weighted by Gasteiger charge is -2.11. The Morgan fingerprint density at radius 1 is 0.929 bits per heavy atom. The van der Waals surface area contributed by atoms with Crippen LogP contribution in [-0.2, 0) is 10.0 Å². The summed E-state index contributed by atoms with van der Waals surface area (Å²) in [6, 6.07) is 17.7. The van der Waals surface area contributed by atoms with E-state index in [1.807, 2.05) is 18.2 Å². The molecule has 5 nitrogen and oxygen atoms in total. The molecule has 0 spiro atoms. The maximum Gasteiger partial charge on any atom is 0.263 e. The molecule has 2 N–H and O–H groups in total. The Hall–Kier alpha value is -1.81. The smallest absolute Gasteiger partial charge is 0.263 e. The van der Waals surface area contributed by atoms with Crippen LogP contribution in [0.4, 0.5) is 11.4 Å². The van der Waals surface area contributed by atoms with E-state index in [-0.39, 0.29) is 26.5 Å². The summed E-state index contributed by atoms with van der Waals surface area (Å²) < 4.78 is 28.6. The maximum absolute atomic E-state index is 12.6. The first-order chi connectivity index (χ1) is 13.3. The predicted octanol–water partition coefficient (Wildman–Crippen LogP) is 5.65. The van der Waals surface area contributed by atoms with E-state index >= 15 is 0 Å². The van der Waals surface area contributed by atoms with E-state index in [1.54, 1.807) is 24.3 Å². The van der Waals surface area contributed by atoms with Crippen LogP contribution < -0.4 is 10.0 Å². The SMILES string of the molecule is O=C(Nc1ccccc1I)c1cccc(NS(=O)(=O)c2cc(Cl)ccc2Cl)c1. The molecule has 144 valence electrons. The van der Waals surface area contributed by atoms with E-state index in [1.165, 1.54) is 24.3 Å². The number of halogens is 3. The summed E-state index contributed by atoms with van der Waals surface area (Å²) in [4.78, 5) is 12.4. The van der Waals surface area contributed by atoms with Gasteiger partial charge >= 0.3 is 0 Å². The zero-order valence-electron chi connectivity index (χ0n) is 14.1. The van der Waals surface area contributed by atoms with Crippen molar-refractivity contribution in [3.05, 3.63) is 85.9 Å². The van der Waals surface area contributed by atoms with Crippen LogP contribution in [0.2, 0.25) is 10.0 Å². The van der Waals surface area contributed by atoms with Gasteiger partial charge in [-0.3, -0.25) is 9.52 Å². The Morgan fingerprint density at radius 3 is 2.43 bits per heavy atom. The van der Waals surface area contributed by atoms with Crippen molar-refractivity contribution in [2.24, 2.45) is 0 Å². The average Bonchev–Trinajstić information content (AvgIpc) is 2.65. The van der Waals surface area contributed by atoms with E-state index in [0.717, 1.165) is 3.57 Å². The van der Waals surface area contributed by atoms with Gasteiger partial charge in [-0.15, -0.1) is 0 Å². The van der Waals surface area contributed by atoms with Gasteiger partial charge in [0, 0.05) is 19.8 Å². The zero-order chi connectivity index (χ0) is 20.3. The largest absolute Gasteiger partial charge is 0.321 e. The molecule has 0 heterocycles. The Balaban J connectivity index is 1.84. The Kier molecular flexibility index (Phi) is 6.49. The van der Waals surface area contributed by atoms with Crippen molar-refractivity contribution in [1.82, 2.24) is 0 Å². The molecule has 0 aliphatic rings. The van der Waals surface area contributed by atoms with Crippen LogP contribution in [-0.4, -0.2) is 14.3 Å². The normalized spacial score (nSPS) is 11.1. The van der Waals surface area contributed by atoms with Crippen LogP contribution in [0.5, 0.6) is 0 Å². The first-order valence-electron chi connectivity index (χ1n) is 7.90. The van der Waals surface area contributed by atoms with Crippen LogP contribution >= 0.6 is 45.8 Å². The molecule has 1 amide bonds. The van der Waals surface area contributed by atoms with Gasteiger partial charge in [-0.1, -0.05) is 41.4 Å². The number of carbonyl (C=O) groups is 1. The molecular formula is C19H13Cl2IN2O3S. The van der Waals surface area contributed by atoms with E-state index in [2.05, 4.69) is 32.6 Å². The van der Waals surface area contributed by atoms with Gasteiger partial charge in [-0.05, 0) is 71.1 Å². The minimum absolute atomic E-state index is 0.0458.